The molecule has 3 N–H and O–H groups in total. The van der Waals surface area contributed by atoms with Crippen LogP contribution in [0.25, 0.3) is 0 Å². The van der Waals surface area contributed by atoms with Gasteiger partial charge in [-0.3, -0.25) is 9.69 Å². The molecule has 1 aromatic carbocycles. The van der Waals surface area contributed by atoms with Crippen LogP contribution in [0.5, 0.6) is 0 Å². The molecule has 0 spiro atoms. The van der Waals surface area contributed by atoms with Crippen LogP contribution in [0.2, 0.25) is 5.02 Å². The molecule has 2 amide bonds. The van der Waals surface area contributed by atoms with Crippen molar-refractivity contribution >= 4 is 23.6 Å². The predicted molar refractivity (Wildman–Crippen MR) is 72.4 cm³/mol. The number of hydrogen-bond acceptors (Lipinski definition) is 3. The molecule has 0 radical (unpaired) electrons. The molecule has 7 heteroatoms. The number of hydrogen-bond donors (Lipinski definition) is 3. The summed E-state index contributed by atoms with van der Waals surface area (Å²) < 4.78 is 0. The van der Waals surface area contributed by atoms with E-state index in [9.17, 15) is 14.7 Å². The number of carbonyl (C=O) groups excluding carboxylic acids is 1. The number of aliphatic hydroxyl groups excluding tert-OH is 1. The van der Waals surface area contributed by atoms with Crippen LogP contribution in [-0.4, -0.2) is 45.8 Å². The summed E-state index contributed by atoms with van der Waals surface area (Å²) in [4.78, 5) is 23.9. The molecule has 2 rings (SSSR count). The van der Waals surface area contributed by atoms with Crippen LogP contribution in [0.3, 0.4) is 0 Å². The number of halogens is 1. The fourth-order valence-electron chi connectivity index (χ4n) is 2.18. The van der Waals surface area contributed by atoms with Gasteiger partial charge in [0, 0.05) is 18.0 Å². The molecule has 0 aromatic heterocycles. The summed E-state index contributed by atoms with van der Waals surface area (Å²) in [5.74, 6) is -0.404. The number of nitrogens with one attached hydrogen (secondary N) is 1. The highest BCUT2D eigenvalue weighted by molar-refractivity contribution is 6.30. The van der Waals surface area contributed by atoms with Gasteiger partial charge in [0.05, 0.1) is 12.6 Å². The van der Waals surface area contributed by atoms with Gasteiger partial charge in [-0.15, -0.1) is 0 Å². The zero-order chi connectivity index (χ0) is 14.7. The summed E-state index contributed by atoms with van der Waals surface area (Å²) in [6, 6.07) is 6.15. The van der Waals surface area contributed by atoms with Crippen molar-refractivity contribution < 1.29 is 19.8 Å². The third-order valence-corrected chi connectivity index (χ3v) is 3.46. The van der Waals surface area contributed by atoms with Crippen LogP contribution in [-0.2, 0) is 11.3 Å². The van der Waals surface area contributed by atoms with E-state index in [0.717, 1.165) is 10.5 Å². The highest BCUT2D eigenvalue weighted by atomic mass is 35.5. The van der Waals surface area contributed by atoms with Gasteiger partial charge < -0.3 is 15.5 Å². The molecule has 0 saturated carbocycles. The van der Waals surface area contributed by atoms with Crippen molar-refractivity contribution in [3.05, 3.63) is 34.9 Å². The quantitative estimate of drug-likeness (QED) is 0.778. The van der Waals surface area contributed by atoms with Crippen molar-refractivity contribution in [1.82, 2.24) is 10.2 Å². The van der Waals surface area contributed by atoms with Gasteiger partial charge in [-0.2, -0.15) is 0 Å². The van der Waals surface area contributed by atoms with Crippen molar-refractivity contribution in [1.29, 1.82) is 0 Å². The normalized spacial score (nSPS) is 21.8. The van der Waals surface area contributed by atoms with E-state index in [1.807, 2.05) is 0 Å². The van der Waals surface area contributed by atoms with Crippen molar-refractivity contribution in [2.75, 3.05) is 6.54 Å². The molecule has 1 aliphatic rings. The number of rotatable bonds is 3. The van der Waals surface area contributed by atoms with Gasteiger partial charge in [-0.05, 0) is 17.7 Å². The number of carboxylic acid groups (broad SMARTS) is 1. The van der Waals surface area contributed by atoms with E-state index in [-0.39, 0.29) is 19.5 Å². The van der Waals surface area contributed by atoms with Gasteiger partial charge in [0.1, 0.15) is 6.04 Å². The molecule has 1 heterocycles. The Morgan fingerprint density at radius 2 is 2.00 bits per heavy atom. The Kier molecular flexibility index (Phi) is 4.46. The van der Waals surface area contributed by atoms with Gasteiger partial charge in [-0.1, -0.05) is 23.7 Å². The van der Waals surface area contributed by atoms with Crippen molar-refractivity contribution in [2.45, 2.75) is 25.1 Å². The summed E-state index contributed by atoms with van der Waals surface area (Å²) in [6.45, 7) is 0.254. The molecule has 0 bridgehead atoms. The largest absolute Gasteiger partial charge is 0.465 e. The Hall–Kier alpha value is -1.79. The molecule has 108 valence electrons. The van der Waals surface area contributed by atoms with Gasteiger partial charge in [0.25, 0.3) is 0 Å². The molecular weight excluding hydrogens is 284 g/mol. The number of β-amino-alcohol motifs (C(OH)–C–C–N with tert-alkyl or cyclic N) is 1. The minimum Gasteiger partial charge on any atom is -0.465 e. The fraction of sp³-hybridized carbons (Fsp3) is 0.385. The topological polar surface area (TPSA) is 89.9 Å². The van der Waals surface area contributed by atoms with Crippen LogP contribution in [0.15, 0.2) is 24.3 Å². The highest BCUT2D eigenvalue weighted by Crippen LogP contribution is 2.18. The van der Waals surface area contributed by atoms with Crippen molar-refractivity contribution in [3.63, 3.8) is 0 Å². The zero-order valence-electron chi connectivity index (χ0n) is 10.6. The van der Waals surface area contributed by atoms with Gasteiger partial charge in [0.2, 0.25) is 5.91 Å². The second-order valence-corrected chi connectivity index (χ2v) is 5.12. The first-order chi connectivity index (χ1) is 9.47. The van der Waals surface area contributed by atoms with Gasteiger partial charge >= 0.3 is 6.09 Å². The first-order valence-electron chi connectivity index (χ1n) is 6.17. The van der Waals surface area contributed by atoms with Gasteiger partial charge in [-0.25, -0.2) is 4.79 Å². The van der Waals surface area contributed by atoms with Gasteiger partial charge in [0.15, 0.2) is 0 Å². The molecule has 2 atom stereocenters. The third kappa shape index (κ3) is 3.40. The molecule has 1 saturated heterocycles. The smallest absolute Gasteiger partial charge is 0.408 e. The molecule has 0 aliphatic carbocycles. The van der Waals surface area contributed by atoms with Crippen LogP contribution < -0.4 is 5.32 Å². The first-order valence-corrected chi connectivity index (χ1v) is 6.55. The third-order valence-electron chi connectivity index (χ3n) is 3.21. The van der Waals surface area contributed by atoms with Crippen LogP contribution in [0.4, 0.5) is 4.79 Å². The summed E-state index contributed by atoms with van der Waals surface area (Å²) >= 11 is 5.76. The van der Waals surface area contributed by atoms with E-state index in [1.54, 1.807) is 24.3 Å². The SMILES string of the molecule is O=C(NCc1ccc(Cl)cc1)[C@@H]1C[C@@H](O)CN1C(=O)O. The number of benzene rings is 1. The summed E-state index contributed by atoms with van der Waals surface area (Å²) in [5.41, 5.74) is 0.864. The Bertz CT molecular complexity index is 506. The molecular formula is C13H15ClN2O4. The number of nitrogens with zero attached hydrogens (tertiary/aromatic N) is 1. The standard InChI is InChI=1S/C13H15ClN2O4/c14-9-3-1-8(2-4-9)6-15-12(18)11-5-10(17)7-16(11)13(19)20/h1-4,10-11,17H,5-7H2,(H,15,18)(H,19,20)/t10-,11+/m1/s1. The second kappa shape index (κ2) is 6.11. The number of carbonyl (C=O) groups is 2. The first kappa shape index (κ1) is 14.6. The average molecular weight is 299 g/mol. The highest BCUT2D eigenvalue weighted by Gasteiger charge is 2.38. The monoisotopic (exact) mass is 298 g/mol. The lowest BCUT2D eigenvalue weighted by Crippen LogP contribution is -2.45. The Labute approximate surface area is 121 Å². The van der Waals surface area contributed by atoms with E-state index in [1.165, 1.54) is 0 Å². The molecule has 20 heavy (non-hydrogen) atoms. The van der Waals surface area contributed by atoms with E-state index in [0.29, 0.717) is 5.02 Å². The van der Waals surface area contributed by atoms with E-state index < -0.39 is 24.1 Å². The van der Waals surface area contributed by atoms with E-state index >= 15 is 0 Å². The fourth-order valence-corrected chi connectivity index (χ4v) is 2.31. The van der Waals surface area contributed by atoms with Crippen LogP contribution in [0, 0.1) is 0 Å². The molecule has 6 nitrogen and oxygen atoms in total. The Morgan fingerprint density at radius 3 is 2.60 bits per heavy atom. The van der Waals surface area contributed by atoms with E-state index in [2.05, 4.69) is 5.32 Å². The summed E-state index contributed by atoms with van der Waals surface area (Å²) in [7, 11) is 0. The Morgan fingerprint density at radius 1 is 1.35 bits per heavy atom. The molecule has 1 aliphatic heterocycles. The van der Waals surface area contributed by atoms with Crippen molar-refractivity contribution in [3.8, 4) is 0 Å². The number of likely N-dealkylation sites (tertiary alicyclic amines) is 1. The molecule has 0 unspecified atom stereocenters. The lowest BCUT2D eigenvalue weighted by Gasteiger charge is -2.20. The maximum Gasteiger partial charge on any atom is 0.408 e. The van der Waals surface area contributed by atoms with Crippen LogP contribution in [0.1, 0.15) is 12.0 Å². The molecule has 1 fully saturated rings. The maximum atomic E-state index is 12.0. The predicted octanol–water partition coefficient (Wildman–Crippen LogP) is 1.07. The minimum atomic E-state index is -1.20. The van der Waals surface area contributed by atoms with Crippen LogP contribution >= 0.6 is 11.6 Å². The lowest BCUT2D eigenvalue weighted by atomic mass is 10.1. The minimum absolute atomic E-state index is 0.0334. The zero-order valence-corrected chi connectivity index (χ0v) is 11.4. The average Bonchev–Trinajstić information content (AvgIpc) is 2.80. The number of aliphatic hydroxyl groups is 1. The Balaban J connectivity index is 1.94. The number of amides is 2. The maximum absolute atomic E-state index is 12.0. The van der Waals surface area contributed by atoms with Crippen molar-refractivity contribution in [2.24, 2.45) is 0 Å². The summed E-state index contributed by atoms with van der Waals surface area (Å²) in [5, 5.41) is 21.7. The lowest BCUT2D eigenvalue weighted by molar-refractivity contribution is -0.125. The second-order valence-electron chi connectivity index (χ2n) is 4.68. The van der Waals surface area contributed by atoms with E-state index in [4.69, 9.17) is 16.7 Å². The summed E-state index contributed by atoms with van der Waals surface area (Å²) in [6.07, 6.45) is -1.87. The molecule has 1 aromatic rings.